The summed E-state index contributed by atoms with van der Waals surface area (Å²) in [6, 6.07) is 5.09. The normalized spacial score (nSPS) is 14.4. The Morgan fingerprint density at radius 2 is 2.05 bits per heavy atom. The molecule has 0 bridgehead atoms. The van der Waals surface area contributed by atoms with Crippen LogP contribution in [-0.2, 0) is 6.42 Å². The minimum atomic E-state index is -0.270. The lowest BCUT2D eigenvalue weighted by Gasteiger charge is -2.22. The first-order valence-electron chi connectivity index (χ1n) is 7.24. The molecule has 19 heavy (non-hydrogen) atoms. The van der Waals surface area contributed by atoms with Gasteiger partial charge in [0.25, 0.3) is 0 Å². The van der Waals surface area contributed by atoms with Crippen molar-refractivity contribution in [3.63, 3.8) is 0 Å². The van der Waals surface area contributed by atoms with Crippen LogP contribution in [0.25, 0.3) is 0 Å². The van der Waals surface area contributed by atoms with E-state index in [0.717, 1.165) is 24.9 Å². The zero-order chi connectivity index (χ0) is 14.3. The predicted molar refractivity (Wildman–Crippen MR) is 81.3 cm³/mol. The average Bonchev–Trinajstić information content (AvgIpc) is 2.33. The van der Waals surface area contributed by atoms with Crippen LogP contribution in [0.4, 0.5) is 4.39 Å². The number of hydrogen-bond acceptors (Lipinski definition) is 1. The van der Waals surface area contributed by atoms with Gasteiger partial charge in [0, 0.05) is 11.1 Å². The first-order valence-corrected chi connectivity index (χ1v) is 7.61. The Morgan fingerprint density at radius 1 is 1.32 bits per heavy atom. The highest BCUT2D eigenvalue weighted by molar-refractivity contribution is 6.31. The molecule has 1 aromatic carbocycles. The molecule has 0 fully saturated rings. The first kappa shape index (κ1) is 16.5. The summed E-state index contributed by atoms with van der Waals surface area (Å²) in [7, 11) is 0. The molecule has 0 saturated heterocycles. The van der Waals surface area contributed by atoms with Crippen molar-refractivity contribution in [1.29, 1.82) is 0 Å². The minimum absolute atomic E-state index is 0.270. The summed E-state index contributed by atoms with van der Waals surface area (Å²) >= 11 is 6.10. The van der Waals surface area contributed by atoms with Gasteiger partial charge in [-0.15, -0.1) is 0 Å². The van der Waals surface area contributed by atoms with Crippen molar-refractivity contribution in [3.8, 4) is 0 Å². The number of hydrogen-bond donors (Lipinski definition) is 1. The summed E-state index contributed by atoms with van der Waals surface area (Å²) in [6.45, 7) is 7.57. The Hall–Kier alpha value is -0.600. The van der Waals surface area contributed by atoms with E-state index in [1.807, 2.05) is 0 Å². The van der Waals surface area contributed by atoms with Gasteiger partial charge in [-0.05, 0) is 43.0 Å². The molecule has 1 aromatic rings. The third kappa shape index (κ3) is 5.92. The molecule has 0 heterocycles. The predicted octanol–water partition coefficient (Wildman–Crippen LogP) is 4.83. The van der Waals surface area contributed by atoms with Crippen molar-refractivity contribution < 1.29 is 4.39 Å². The first-order chi connectivity index (χ1) is 9.06. The fourth-order valence-electron chi connectivity index (χ4n) is 2.58. The number of nitrogens with one attached hydrogen (secondary N) is 1. The quantitative estimate of drug-likeness (QED) is 0.722. The van der Waals surface area contributed by atoms with Crippen LogP contribution in [0.5, 0.6) is 0 Å². The van der Waals surface area contributed by atoms with Gasteiger partial charge in [0.1, 0.15) is 5.82 Å². The molecule has 0 aromatic heterocycles. The van der Waals surface area contributed by atoms with Crippen molar-refractivity contribution in [2.24, 2.45) is 5.92 Å². The lowest BCUT2D eigenvalue weighted by atomic mass is 9.93. The van der Waals surface area contributed by atoms with E-state index in [1.165, 1.54) is 25.0 Å². The molecule has 0 spiro atoms. The second-order valence-electron chi connectivity index (χ2n) is 5.32. The van der Waals surface area contributed by atoms with Crippen molar-refractivity contribution in [1.82, 2.24) is 5.32 Å². The summed E-state index contributed by atoms with van der Waals surface area (Å²) in [5, 5.41) is 4.04. The Kier molecular flexibility index (Phi) is 7.40. The molecule has 2 unspecified atom stereocenters. The van der Waals surface area contributed by atoms with E-state index < -0.39 is 0 Å². The largest absolute Gasteiger partial charge is 0.314 e. The number of halogens is 2. The Balaban J connectivity index is 2.66. The molecule has 1 rings (SSSR count). The molecule has 0 amide bonds. The second-order valence-corrected chi connectivity index (χ2v) is 5.73. The van der Waals surface area contributed by atoms with Crippen LogP contribution in [-0.4, -0.2) is 12.6 Å². The molecule has 0 saturated carbocycles. The molecule has 1 N–H and O–H groups in total. The maximum absolute atomic E-state index is 13.0. The summed E-state index contributed by atoms with van der Waals surface area (Å²) in [5.74, 6) is 0.432. The summed E-state index contributed by atoms with van der Waals surface area (Å²) in [5.41, 5.74) is 1.03. The topological polar surface area (TPSA) is 12.0 Å². The number of benzene rings is 1. The van der Waals surface area contributed by atoms with Gasteiger partial charge in [-0.1, -0.05) is 51.3 Å². The van der Waals surface area contributed by atoms with Crippen LogP contribution >= 0.6 is 11.6 Å². The van der Waals surface area contributed by atoms with Gasteiger partial charge in [-0.3, -0.25) is 0 Å². The van der Waals surface area contributed by atoms with Crippen molar-refractivity contribution in [2.75, 3.05) is 6.54 Å². The summed E-state index contributed by atoms with van der Waals surface area (Å²) in [6.07, 6.45) is 4.47. The van der Waals surface area contributed by atoms with Crippen LogP contribution in [0.2, 0.25) is 5.02 Å². The van der Waals surface area contributed by atoms with Gasteiger partial charge in [-0.2, -0.15) is 0 Å². The monoisotopic (exact) mass is 285 g/mol. The highest BCUT2D eigenvalue weighted by atomic mass is 35.5. The highest BCUT2D eigenvalue weighted by Gasteiger charge is 2.14. The van der Waals surface area contributed by atoms with E-state index in [0.29, 0.717) is 17.0 Å². The molecule has 108 valence electrons. The van der Waals surface area contributed by atoms with Crippen molar-refractivity contribution in [3.05, 3.63) is 34.6 Å². The number of likely N-dealkylation sites (N-methyl/N-ethyl adjacent to an activating group) is 1. The lowest BCUT2D eigenvalue weighted by molar-refractivity contribution is 0.385. The molecular weight excluding hydrogens is 261 g/mol. The maximum Gasteiger partial charge on any atom is 0.124 e. The third-order valence-corrected chi connectivity index (χ3v) is 3.79. The molecule has 3 heteroatoms. The summed E-state index contributed by atoms with van der Waals surface area (Å²) < 4.78 is 13.0. The molecule has 0 aliphatic rings. The van der Waals surface area contributed by atoms with Crippen LogP contribution in [0.3, 0.4) is 0 Å². The van der Waals surface area contributed by atoms with E-state index in [2.05, 4.69) is 26.1 Å². The van der Waals surface area contributed by atoms with Gasteiger partial charge < -0.3 is 5.32 Å². The van der Waals surface area contributed by atoms with Crippen molar-refractivity contribution >= 4 is 11.6 Å². The van der Waals surface area contributed by atoms with Gasteiger partial charge in [0.05, 0.1) is 0 Å². The highest BCUT2D eigenvalue weighted by Crippen LogP contribution is 2.21. The second kappa shape index (κ2) is 8.55. The third-order valence-electron chi connectivity index (χ3n) is 3.44. The van der Waals surface area contributed by atoms with Crippen LogP contribution < -0.4 is 5.32 Å². The van der Waals surface area contributed by atoms with E-state index in [-0.39, 0.29) is 5.82 Å². The van der Waals surface area contributed by atoms with E-state index >= 15 is 0 Å². The van der Waals surface area contributed by atoms with Crippen molar-refractivity contribution in [2.45, 2.75) is 52.5 Å². The standard InChI is InChI=1S/C16H25ClFN/c1-4-6-12(3)9-15(19-5-2)10-13-7-8-14(18)11-16(13)17/h7-8,11-12,15,19H,4-6,9-10H2,1-3H3. The zero-order valence-corrected chi connectivity index (χ0v) is 12.9. The van der Waals surface area contributed by atoms with Gasteiger partial charge in [0.15, 0.2) is 0 Å². The fraction of sp³-hybridized carbons (Fsp3) is 0.625. The Labute approximate surface area is 121 Å². The average molecular weight is 286 g/mol. The smallest absolute Gasteiger partial charge is 0.124 e. The maximum atomic E-state index is 13.0. The van der Waals surface area contributed by atoms with E-state index in [9.17, 15) is 4.39 Å². The molecular formula is C16H25ClFN. The molecule has 0 aliphatic heterocycles. The fourth-order valence-corrected chi connectivity index (χ4v) is 2.82. The van der Waals surface area contributed by atoms with Gasteiger partial charge in [-0.25, -0.2) is 4.39 Å². The number of rotatable bonds is 8. The molecule has 0 aliphatic carbocycles. The summed E-state index contributed by atoms with van der Waals surface area (Å²) in [4.78, 5) is 0. The van der Waals surface area contributed by atoms with Gasteiger partial charge in [0.2, 0.25) is 0 Å². The SMILES string of the molecule is CCCC(C)CC(Cc1ccc(F)cc1Cl)NCC. The minimum Gasteiger partial charge on any atom is -0.314 e. The van der Waals surface area contributed by atoms with Crippen LogP contribution in [0.15, 0.2) is 18.2 Å². The van der Waals surface area contributed by atoms with E-state index in [4.69, 9.17) is 11.6 Å². The Bertz CT molecular complexity index is 381. The molecule has 2 atom stereocenters. The van der Waals surface area contributed by atoms with Gasteiger partial charge >= 0.3 is 0 Å². The Morgan fingerprint density at radius 3 is 2.63 bits per heavy atom. The van der Waals surface area contributed by atoms with E-state index in [1.54, 1.807) is 6.07 Å². The lowest BCUT2D eigenvalue weighted by Crippen LogP contribution is -2.32. The molecule has 0 radical (unpaired) electrons. The van der Waals surface area contributed by atoms with Crippen LogP contribution in [0, 0.1) is 11.7 Å². The molecule has 1 nitrogen and oxygen atoms in total. The zero-order valence-electron chi connectivity index (χ0n) is 12.2. The van der Waals surface area contributed by atoms with Crippen LogP contribution in [0.1, 0.15) is 45.6 Å².